The van der Waals surface area contributed by atoms with Crippen LogP contribution in [0.5, 0.6) is 0 Å². The lowest BCUT2D eigenvalue weighted by Crippen LogP contribution is -2.37. The Morgan fingerprint density at radius 2 is 1.92 bits per heavy atom. The fourth-order valence-corrected chi connectivity index (χ4v) is 3.99. The maximum atomic E-state index is 12.3. The zero-order valence-corrected chi connectivity index (χ0v) is 16.3. The number of fused-ring (bicyclic) bond motifs is 1. The molecule has 4 nitrogen and oxygen atoms in total. The number of carbonyl (C=O) groups excluding carboxylic acids is 1. The van der Waals surface area contributed by atoms with Crippen LogP contribution in [0.1, 0.15) is 29.1 Å². The Kier molecular flexibility index (Phi) is 6.01. The van der Waals surface area contributed by atoms with Crippen LogP contribution < -0.4 is 5.32 Å². The van der Waals surface area contributed by atoms with Crippen LogP contribution in [-0.2, 0) is 11.2 Å². The Bertz CT molecular complexity index is 857. The maximum Gasteiger partial charge on any atom is 0.234 e. The molecule has 0 saturated carbocycles. The monoisotopic (exact) mass is 367 g/mol. The topological polar surface area (TPSA) is 45.2 Å². The van der Waals surface area contributed by atoms with E-state index in [0.717, 1.165) is 16.9 Å². The van der Waals surface area contributed by atoms with E-state index in [1.54, 1.807) is 11.3 Å². The first-order chi connectivity index (χ1) is 12.5. The molecule has 0 aliphatic carbocycles. The van der Waals surface area contributed by atoms with Crippen molar-refractivity contribution in [2.45, 2.75) is 26.3 Å². The summed E-state index contributed by atoms with van der Waals surface area (Å²) in [6, 6.07) is 16.5. The first-order valence-corrected chi connectivity index (χ1v) is 9.73. The summed E-state index contributed by atoms with van der Waals surface area (Å²) >= 11 is 1.69. The van der Waals surface area contributed by atoms with Crippen molar-refractivity contribution in [1.29, 1.82) is 0 Å². The van der Waals surface area contributed by atoms with Crippen molar-refractivity contribution in [2.24, 2.45) is 0 Å². The van der Waals surface area contributed by atoms with Gasteiger partial charge in [-0.15, -0.1) is 11.3 Å². The molecule has 3 rings (SSSR count). The average molecular weight is 368 g/mol. The normalized spacial score (nSPS) is 12.5. The van der Waals surface area contributed by atoms with E-state index in [1.165, 1.54) is 15.8 Å². The molecule has 1 aromatic heterocycles. The molecule has 0 radical (unpaired) electrons. The van der Waals surface area contributed by atoms with Gasteiger partial charge in [0.15, 0.2) is 0 Å². The standard InChI is InChI=1S/C21H25N3OS/c1-15-8-4-5-9-17(15)12-13-22-20(25)14-24(3)16(2)21-23-18-10-6-7-11-19(18)26-21/h4-11,16H,12-14H2,1-3H3,(H,22,25)/t16-/m1/s1. The average Bonchev–Trinajstić information content (AvgIpc) is 3.06. The Morgan fingerprint density at radius 1 is 1.19 bits per heavy atom. The summed E-state index contributed by atoms with van der Waals surface area (Å²) in [7, 11) is 1.97. The quantitative estimate of drug-likeness (QED) is 0.688. The van der Waals surface area contributed by atoms with Gasteiger partial charge in [-0.2, -0.15) is 0 Å². The zero-order valence-electron chi connectivity index (χ0n) is 15.5. The maximum absolute atomic E-state index is 12.3. The summed E-state index contributed by atoms with van der Waals surface area (Å²) < 4.78 is 1.19. The smallest absolute Gasteiger partial charge is 0.234 e. The number of nitrogens with zero attached hydrogens (tertiary/aromatic N) is 2. The van der Waals surface area contributed by atoms with Gasteiger partial charge >= 0.3 is 0 Å². The van der Waals surface area contributed by atoms with E-state index < -0.39 is 0 Å². The van der Waals surface area contributed by atoms with Gasteiger partial charge in [0.25, 0.3) is 0 Å². The minimum atomic E-state index is 0.0500. The largest absolute Gasteiger partial charge is 0.355 e. The molecule has 0 spiro atoms. The van der Waals surface area contributed by atoms with Crippen molar-refractivity contribution in [3.8, 4) is 0 Å². The summed E-state index contributed by atoms with van der Waals surface area (Å²) in [5.41, 5.74) is 3.57. The summed E-state index contributed by atoms with van der Waals surface area (Å²) in [5.74, 6) is 0.0500. The molecule has 0 saturated heterocycles. The zero-order chi connectivity index (χ0) is 18.5. The predicted octanol–water partition coefficient (Wildman–Crippen LogP) is 3.96. The molecule has 5 heteroatoms. The van der Waals surface area contributed by atoms with Crippen molar-refractivity contribution < 1.29 is 4.79 Å². The Labute approximate surface area is 158 Å². The molecule has 1 amide bonds. The summed E-state index contributed by atoms with van der Waals surface area (Å²) in [5, 5.41) is 4.07. The van der Waals surface area contributed by atoms with E-state index in [-0.39, 0.29) is 11.9 Å². The molecule has 26 heavy (non-hydrogen) atoms. The van der Waals surface area contributed by atoms with E-state index in [9.17, 15) is 4.79 Å². The Balaban J connectivity index is 1.51. The predicted molar refractivity (Wildman–Crippen MR) is 109 cm³/mol. The molecule has 0 unspecified atom stereocenters. The molecule has 0 bridgehead atoms. The molecule has 0 fully saturated rings. The first-order valence-electron chi connectivity index (χ1n) is 8.91. The number of aromatic nitrogens is 1. The van der Waals surface area contributed by atoms with Crippen molar-refractivity contribution in [2.75, 3.05) is 20.1 Å². The van der Waals surface area contributed by atoms with E-state index in [4.69, 9.17) is 4.98 Å². The number of hydrogen-bond acceptors (Lipinski definition) is 4. The van der Waals surface area contributed by atoms with Crippen molar-refractivity contribution in [1.82, 2.24) is 15.2 Å². The second-order valence-electron chi connectivity index (χ2n) is 6.64. The highest BCUT2D eigenvalue weighted by molar-refractivity contribution is 7.18. The third-order valence-corrected chi connectivity index (χ3v) is 5.91. The molecule has 1 heterocycles. The number of carbonyl (C=O) groups is 1. The van der Waals surface area contributed by atoms with Gasteiger partial charge < -0.3 is 5.32 Å². The number of thiazole rings is 1. The number of likely N-dealkylation sites (N-methyl/N-ethyl adjacent to an activating group) is 1. The van der Waals surface area contributed by atoms with Crippen molar-refractivity contribution in [3.05, 3.63) is 64.7 Å². The van der Waals surface area contributed by atoms with Gasteiger partial charge in [-0.25, -0.2) is 4.98 Å². The second-order valence-corrected chi connectivity index (χ2v) is 7.70. The van der Waals surface area contributed by atoms with E-state index >= 15 is 0 Å². The Morgan fingerprint density at radius 3 is 2.69 bits per heavy atom. The van der Waals surface area contributed by atoms with Gasteiger partial charge in [0, 0.05) is 6.54 Å². The van der Waals surface area contributed by atoms with E-state index in [0.29, 0.717) is 13.1 Å². The molecule has 0 aliphatic heterocycles. The fraction of sp³-hybridized carbons (Fsp3) is 0.333. The number of benzene rings is 2. The molecule has 3 aromatic rings. The van der Waals surface area contributed by atoms with Gasteiger partial charge in [0.05, 0.1) is 22.8 Å². The van der Waals surface area contributed by atoms with E-state index in [1.807, 2.05) is 42.3 Å². The van der Waals surface area contributed by atoms with Crippen molar-refractivity contribution in [3.63, 3.8) is 0 Å². The number of amides is 1. The molecular weight excluding hydrogens is 342 g/mol. The van der Waals surface area contributed by atoms with Crippen LogP contribution in [0.4, 0.5) is 0 Å². The SMILES string of the molecule is Cc1ccccc1CCNC(=O)CN(C)[C@H](C)c1nc2ccccc2s1. The van der Waals surface area contributed by atoms with Crippen LogP contribution in [0, 0.1) is 6.92 Å². The highest BCUT2D eigenvalue weighted by Gasteiger charge is 2.18. The lowest BCUT2D eigenvalue weighted by molar-refractivity contribution is -0.122. The highest BCUT2D eigenvalue weighted by atomic mass is 32.1. The lowest BCUT2D eigenvalue weighted by atomic mass is 10.1. The number of aryl methyl sites for hydroxylation is 1. The molecule has 2 aromatic carbocycles. The van der Waals surface area contributed by atoms with Gasteiger partial charge in [-0.1, -0.05) is 36.4 Å². The Hall–Kier alpha value is -2.24. The first kappa shape index (κ1) is 18.5. The van der Waals surface area contributed by atoms with Gasteiger partial charge in [-0.05, 0) is 50.6 Å². The summed E-state index contributed by atoms with van der Waals surface area (Å²) in [6.07, 6.45) is 0.857. The van der Waals surface area contributed by atoms with Gasteiger partial charge in [0.1, 0.15) is 5.01 Å². The molecule has 0 aliphatic rings. The number of rotatable bonds is 7. The van der Waals surface area contributed by atoms with Crippen LogP contribution >= 0.6 is 11.3 Å². The van der Waals surface area contributed by atoms with Gasteiger partial charge in [-0.3, -0.25) is 9.69 Å². The third-order valence-electron chi connectivity index (χ3n) is 4.70. The van der Waals surface area contributed by atoms with E-state index in [2.05, 4.69) is 37.4 Å². The number of para-hydroxylation sites is 1. The van der Waals surface area contributed by atoms with Gasteiger partial charge in [0.2, 0.25) is 5.91 Å². The lowest BCUT2D eigenvalue weighted by Gasteiger charge is -2.22. The van der Waals surface area contributed by atoms with Crippen LogP contribution in [0.25, 0.3) is 10.2 Å². The minimum absolute atomic E-state index is 0.0500. The number of nitrogens with one attached hydrogen (secondary N) is 1. The molecular formula is C21H25N3OS. The molecule has 1 N–H and O–H groups in total. The minimum Gasteiger partial charge on any atom is -0.355 e. The number of hydrogen-bond donors (Lipinski definition) is 1. The van der Waals surface area contributed by atoms with Crippen LogP contribution in [-0.4, -0.2) is 35.9 Å². The summed E-state index contributed by atoms with van der Waals surface area (Å²) in [6.45, 7) is 5.22. The van der Waals surface area contributed by atoms with Crippen LogP contribution in [0.15, 0.2) is 48.5 Å². The molecule has 1 atom stereocenters. The van der Waals surface area contributed by atoms with Crippen molar-refractivity contribution >= 4 is 27.5 Å². The summed E-state index contributed by atoms with van der Waals surface area (Å²) in [4.78, 5) is 19.0. The highest BCUT2D eigenvalue weighted by Crippen LogP contribution is 2.28. The fourth-order valence-electron chi connectivity index (χ4n) is 2.90. The molecule has 136 valence electrons. The van der Waals surface area contributed by atoms with Crippen LogP contribution in [0.2, 0.25) is 0 Å². The third kappa shape index (κ3) is 4.48. The van der Waals surface area contributed by atoms with Crippen LogP contribution in [0.3, 0.4) is 0 Å². The second kappa shape index (κ2) is 8.43.